The lowest BCUT2D eigenvalue weighted by Crippen LogP contribution is -2.13. The van der Waals surface area contributed by atoms with E-state index in [-0.39, 0.29) is 33.8 Å². The fourth-order valence-electron chi connectivity index (χ4n) is 2.31. The fourth-order valence-corrected chi connectivity index (χ4v) is 2.31. The van der Waals surface area contributed by atoms with Gasteiger partial charge in [-0.05, 0) is 29.8 Å². The summed E-state index contributed by atoms with van der Waals surface area (Å²) in [6, 6.07) is 9.83. The predicted molar refractivity (Wildman–Crippen MR) is 82.6 cm³/mol. The van der Waals surface area contributed by atoms with Crippen molar-refractivity contribution < 1.29 is 24.2 Å². The number of carbonyl (C=O) groups excluding carboxylic acids is 1. The molecule has 3 rings (SSSR count). The molecule has 0 aliphatic rings. The Morgan fingerprint density at radius 1 is 1.04 bits per heavy atom. The summed E-state index contributed by atoms with van der Waals surface area (Å²) in [5.41, 5.74) is 0.0947. The number of phenolic OH excluding ortho intramolecular Hbond substituents is 2. The lowest BCUT2D eigenvalue weighted by atomic mass is 10.0. The molecule has 0 saturated heterocycles. The zero-order chi connectivity index (χ0) is 16.6. The van der Waals surface area contributed by atoms with Crippen molar-refractivity contribution in [2.45, 2.75) is 0 Å². The highest BCUT2D eigenvalue weighted by Crippen LogP contribution is 2.28. The van der Waals surface area contributed by atoms with Crippen LogP contribution in [0.3, 0.4) is 0 Å². The number of ether oxygens (including phenoxy) is 1. The molecule has 0 radical (unpaired) electrons. The largest absolute Gasteiger partial charge is 0.508 e. The number of benzene rings is 2. The van der Waals surface area contributed by atoms with Crippen molar-refractivity contribution in [2.24, 2.45) is 0 Å². The van der Waals surface area contributed by atoms with Crippen LogP contribution in [0.4, 0.5) is 0 Å². The molecule has 3 aromatic rings. The van der Waals surface area contributed by atoms with E-state index in [1.807, 2.05) is 0 Å². The van der Waals surface area contributed by atoms with Crippen LogP contribution in [0, 0.1) is 0 Å². The van der Waals surface area contributed by atoms with Crippen LogP contribution in [0.5, 0.6) is 11.5 Å². The van der Waals surface area contributed by atoms with Crippen LogP contribution in [0.15, 0.2) is 51.7 Å². The number of hydrogen-bond donors (Lipinski definition) is 2. The zero-order valence-electron chi connectivity index (χ0n) is 12.1. The summed E-state index contributed by atoms with van der Waals surface area (Å²) in [6.45, 7) is 0. The Hall–Kier alpha value is -3.28. The van der Waals surface area contributed by atoms with Gasteiger partial charge in [-0.25, -0.2) is 4.79 Å². The van der Waals surface area contributed by atoms with Crippen LogP contribution in [0.1, 0.15) is 10.6 Å². The first-order valence-electron chi connectivity index (χ1n) is 6.69. The number of aromatic hydroxyl groups is 2. The SMILES string of the molecule is COC(=O)c1oc2cc(O)ccc2c(=O)c1-c1ccc(O)cc1. The maximum absolute atomic E-state index is 12.8. The van der Waals surface area contributed by atoms with Crippen molar-refractivity contribution in [2.75, 3.05) is 7.11 Å². The van der Waals surface area contributed by atoms with Gasteiger partial charge < -0.3 is 19.4 Å². The van der Waals surface area contributed by atoms with Crippen molar-refractivity contribution >= 4 is 16.9 Å². The lowest BCUT2D eigenvalue weighted by molar-refractivity contribution is 0.0567. The van der Waals surface area contributed by atoms with E-state index in [0.717, 1.165) is 0 Å². The summed E-state index contributed by atoms with van der Waals surface area (Å²) in [5.74, 6) is -1.13. The average molecular weight is 312 g/mol. The minimum atomic E-state index is -0.810. The molecule has 0 bridgehead atoms. The number of hydrogen-bond acceptors (Lipinski definition) is 6. The first-order valence-corrected chi connectivity index (χ1v) is 6.69. The van der Waals surface area contributed by atoms with Crippen LogP contribution in [-0.2, 0) is 4.74 Å². The molecular formula is C17H12O6. The Kier molecular flexibility index (Phi) is 3.50. The minimum absolute atomic E-state index is 0.0310. The third-order valence-corrected chi connectivity index (χ3v) is 3.40. The van der Waals surface area contributed by atoms with Crippen molar-refractivity contribution in [3.8, 4) is 22.6 Å². The van der Waals surface area contributed by atoms with E-state index in [0.29, 0.717) is 5.56 Å². The van der Waals surface area contributed by atoms with Gasteiger partial charge in [0, 0.05) is 6.07 Å². The lowest BCUT2D eigenvalue weighted by Gasteiger charge is -2.09. The Morgan fingerprint density at radius 3 is 2.35 bits per heavy atom. The number of carbonyl (C=O) groups is 1. The van der Waals surface area contributed by atoms with Gasteiger partial charge in [0.1, 0.15) is 17.1 Å². The molecule has 0 unspecified atom stereocenters. The number of methoxy groups -OCH3 is 1. The Balaban J connectivity index is 2.40. The summed E-state index contributed by atoms with van der Waals surface area (Å²) in [5, 5.41) is 19.1. The summed E-state index contributed by atoms with van der Waals surface area (Å²) in [4.78, 5) is 24.7. The Morgan fingerprint density at radius 2 is 1.70 bits per heavy atom. The molecule has 6 nitrogen and oxygen atoms in total. The summed E-state index contributed by atoms with van der Waals surface area (Å²) >= 11 is 0. The summed E-state index contributed by atoms with van der Waals surface area (Å²) in [7, 11) is 1.18. The molecule has 0 atom stereocenters. The van der Waals surface area contributed by atoms with Gasteiger partial charge in [0.25, 0.3) is 0 Å². The van der Waals surface area contributed by atoms with Gasteiger partial charge in [-0.3, -0.25) is 4.79 Å². The molecule has 0 aliphatic heterocycles. The molecule has 0 aliphatic carbocycles. The summed E-state index contributed by atoms with van der Waals surface area (Å²) < 4.78 is 10.2. The van der Waals surface area contributed by atoms with Crippen LogP contribution >= 0.6 is 0 Å². The van der Waals surface area contributed by atoms with Crippen molar-refractivity contribution in [1.29, 1.82) is 0 Å². The van der Waals surface area contributed by atoms with Crippen LogP contribution in [0.25, 0.3) is 22.1 Å². The second-order valence-corrected chi connectivity index (χ2v) is 4.85. The topological polar surface area (TPSA) is 97.0 Å². The molecule has 0 saturated carbocycles. The van der Waals surface area contributed by atoms with Gasteiger partial charge in [-0.15, -0.1) is 0 Å². The van der Waals surface area contributed by atoms with E-state index in [4.69, 9.17) is 4.42 Å². The van der Waals surface area contributed by atoms with E-state index in [1.165, 1.54) is 49.6 Å². The van der Waals surface area contributed by atoms with Gasteiger partial charge in [0.05, 0.1) is 18.1 Å². The monoisotopic (exact) mass is 312 g/mol. The summed E-state index contributed by atoms with van der Waals surface area (Å²) in [6.07, 6.45) is 0. The van der Waals surface area contributed by atoms with Crippen LogP contribution in [-0.4, -0.2) is 23.3 Å². The van der Waals surface area contributed by atoms with Crippen molar-refractivity contribution in [3.05, 3.63) is 58.4 Å². The van der Waals surface area contributed by atoms with E-state index in [9.17, 15) is 19.8 Å². The van der Waals surface area contributed by atoms with Crippen LogP contribution in [0.2, 0.25) is 0 Å². The van der Waals surface area contributed by atoms with E-state index >= 15 is 0 Å². The molecule has 0 fully saturated rings. The van der Waals surface area contributed by atoms with Crippen LogP contribution < -0.4 is 5.43 Å². The quantitative estimate of drug-likeness (QED) is 0.706. The third kappa shape index (κ3) is 2.50. The Bertz CT molecular complexity index is 953. The average Bonchev–Trinajstić information content (AvgIpc) is 2.54. The smallest absolute Gasteiger partial charge is 0.374 e. The molecule has 0 amide bonds. The number of phenols is 2. The maximum atomic E-state index is 12.8. The molecule has 6 heteroatoms. The molecule has 23 heavy (non-hydrogen) atoms. The molecule has 1 heterocycles. The fraction of sp³-hybridized carbons (Fsp3) is 0.0588. The molecular weight excluding hydrogens is 300 g/mol. The Labute approximate surface area is 130 Å². The highest BCUT2D eigenvalue weighted by molar-refractivity contribution is 5.97. The first kappa shape index (κ1) is 14.6. The highest BCUT2D eigenvalue weighted by Gasteiger charge is 2.22. The molecule has 0 spiro atoms. The predicted octanol–water partition coefficient (Wildman–Crippen LogP) is 2.66. The number of rotatable bonds is 2. The third-order valence-electron chi connectivity index (χ3n) is 3.40. The van der Waals surface area contributed by atoms with E-state index < -0.39 is 11.4 Å². The van der Waals surface area contributed by atoms with Gasteiger partial charge in [-0.2, -0.15) is 0 Å². The maximum Gasteiger partial charge on any atom is 0.374 e. The van der Waals surface area contributed by atoms with E-state index in [1.54, 1.807) is 0 Å². The second-order valence-electron chi connectivity index (χ2n) is 4.85. The molecule has 1 aromatic heterocycles. The first-order chi connectivity index (χ1) is 11.0. The van der Waals surface area contributed by atoms with Crippen molar-refractivity contribution in [3.63, 3.8) is 0 Å². The van der Waals surface area contributed by atoms with Gasteiger partial charge in [0.15, 0.2) is 0 Å². The normalized spacial score (nSPS) is 10.7. The van der Waals surface area contributed by atoms with E-state index in [2.05, 4.69) is 4.74 Å². The standard InChI is InChI=1S/C17H12O6/c1-22-17(21)16-14(9-2-4-10(18)5-3-9)15(20)12-7-6-11(19)8-13(12)23-16/h2-8,18-19H,1H3. The van der Waals surface area contributed by atoms with Crippen molar-refractivity contribution in [1.82, 2.24) is 0 Å². The van der Waals surface area contributed by atoms with Gasteiger partial charge in [0.2, 0.25) is 11.2 Å². The minimum Gasteiger partial charge on any atom is -0.508 e. The van der Waals surface area contributed by atoms with Gasteiger partial charge >= 0.3 is 5.97 Å². The highest BCUT2D eigenvalue weighted by atomic mass is 16.5. The number of fused-ring (bicyclic) bond motifs is 1. The zero-order valence-corrected chi connectivity index (χ0v) is 12.1. The van der Waals surface area contributed by atoms with Gasteiger partial charge in [-0.1, -0.05) is 12.1 Å². The molecule has 2 aromatic carbocycles. The molecule has 116 valence electrons. The molecule has 2 N–H and O–H groups in total. The second kappa shape index (κ2) is 5.49. The number of esters is 1.